The van der Waals surface area contributed by atoms with Crippen LogP contribution in [0.5, 0.6) is 0 Å². The van der Waals surface area contributed by atoms with Crippen LogP contribution >= 0.6 is 0 Å². The van der Waals surface area contributed by atoms with Gasteiger partial charge in [-0.1, -0.05) is 6.42 Å². The topological polar surface area (TPSA) is 43.4 Å². The van der Waals surface area contributed by atoms with E-state index in [0.717, 1.165) is 19.3 Å². The lowest BCUT2D eigenvalue weighted by molar-refractivity contribution is -0.155. The van der Waals surface area contributed by atoms with E-state index in [4.69, 9.17) is 4.74 Å². The standard InChI is InChI=1S/C10H14O3/c1-13-9(12)10-5-2-3-7(10)8(11)4-6-10/h7H,2-6H2,1H3. The molecule has 72 valence electrons. The number of ketones is 1. The van der Waals surface area contributed by atoms with E-state index in [2.05, 4.69) is 0 Å². The first kappa shape index (κ1) is 8.73. The maximum absolute atomic E-state index is 11.6. The third-order valence-corrected chi connectivity index (χ3v) is 3.58. The number of methoxy groups -OCH3 is 1. The molecule has 0 heterocycles. The minimum absolute atomic E-state index is 0.0278. The van der Waals surface area contributed by atoms with Gasteiger partial charge in [-0.3, -0.25) is 9.59 Å². The maximum atomic E-state index is 11.6. The fraction of sp³-hybridized carbons (Fsp3) is 0.800. The number of ether oxygens (including phenoxy) is 1. The molecule has 0 aromatic rings. The molecule has 13 heavy (non-hydrogen) atoms. The van der Waals surface area contributed by atoms with Crippen LogP contribution in [0.1, 0.15) is 32.1 Å². The monoisotopic (exact) mass is 182 g/mol. The van der Waals surface area contributed by atoms with E-state index in [9.17, 15) is 9.59 Å². The Morgan fingerprint density at radius 3 is 3.00 bits per heavy atom. The Labute approximate surface area is 77.4 Å². The molecule has 0 N–H and O–H groups in total. The number of esters is 1. The highest BCUT2D eigenvalue weighted by atomic mass is 16.5. The van der Waals surface area contributed by atoms with E-state index in [1.54, 1.807) is 0 Å². The smallest absolute Gasteiger partial charge is 0.312 e. The van der Waals surface area contributed by atoms with E-state index in [0.29, 0.717) is 12.8 Å². The number of carbonyl (C=O) groups excluding carboxylic acids is 2. The summed E-state index contributed by atoms with van der Waals surface area (Å²) in [5, 5.41) is 0. The zero-order chi connectivity index (χ0) is 9.47. The molecule has 2 aliphatic rings. The molecule has 2 atom stereocenters. The summed E-state index contributed by atoms with van der Waals surface area (Å²) >= 11 is 0. The van der Waals surface area contributed by atoms with Gasteiger partial charge in [-0.05, 0) is 19.3 Å². The van der Waals surface area contributed by atoms with E-state index in [-0.39, 0.29) is 17.7 Å². The Balaban J connectivity index is 2.30. The van der Waals surface area contributed by atoms with E-state index < -0.39 is 5.41 Å². The third kappa shape index (κ3) is 1.02. The summed E-state index contributed by atoms with van der Waals surface area (Å²) in [6.45, 7) is 0. The molecule has 2 aliphatic carbocycles. The Morgan fingerprint density at radius 2 is 2.31 bits per heavy atom. The number of fused-ring (bicyclic) bond motifs is 1. The highest BCUT2D eigenvalue weighted by Crippen LogP contribution is 2.53. The summed E-state index contributed by atoms with van der Waals surface area (Å²) < 4.78 is 4.80. The van der Waals surface area contributed by atoms with Crippen LogP contribution in [-0.4, -0.2) is 18.9 Å². The fourth-order valence-electron chi connectivity index (χ4n) is 2.91. The lowest BCUT2D eigenvalue weighted by Gasteiger charge is -2.24. The van der Waals surface area contributed by atoms with Gasteiger partial charge in [0.15, 0.2) is 0 Å². The molecule has 0 aromatic carbocycles. The molecule has 0 aliphatic heterocycles. The number of hydrogen-bond acceptors (Lipinski definition) is 3. The summed E-state index contributed by atoms with van der Waals surface area (Å²) in [5.74, 6) is 0.0729. The molecular weight excluding hydrogens is 168 g/mol. The summed E-state index contributed by atoms with van der Waals surface area (Å²) in [5.41, 5.74) is -0.425. The van der Waals surface area contributed by atoms with Crippen molar-refractivity contribution in [1.29, 1.82) is 0 Å². The first-order valence-corrected chi connectivity index (χ1v) is 4.82. The first-order valence-electron chi connectivity index (χ1n) is 4.82. The van der Waals surface area contributed by atoms with Crippen molar-refractivity contribution in [3.63, 3.8) is 0 Å². The highest BCUT2D eigenvalue weighted by molar-refractivity contribution is 5.93. The van der Waals surface area contributed by atoms with Gasteiger partial charge in [0.2, 0.25) is 0 Å². The average Bonchev–Trinajstić information content (AvgIpc) is 2.67. The molecule has 2 saturated carbocycles. The first-order chi connectivity index (χ1) is 6.20. The Kier molecular flexibility index (Phi) is 1.90. The van der Waals surface area contributed by atoms with Crippen molar-refractivity contribution in [1.82, 2.24) is 0 Å². The zero-order valence-corrected chi connectivity index (χ0v) is 7.84. The van der Waals surface area contributed by atoms with Crippen LogP contribution in [0.4, 0.5) is 0 Å². The van der Waals surface area contributed by atoms with Gasteiger partial charge in [0.25, 0.3) is 0 Å². The van der Waals surface area contributed by atoms with Crippen LogP contribution in [0, 0.1) is 11.3 Å². The van der Waals surface area contributed by atoms with Crippen LogP contribution in [0.2, 0.25) is 0 Å². The van der Waals surface area contributed by atoms with Gasteiger partial charge in [-0.15, -0.1) is 0 Å². The second-order valence-corrected chi connectivity index (χ2v) is 4.06. The normalized spacial score (nSPS) is 37.6. The van der Waals surface area contributed by atoms with Gasteiger partial charge in [0.05, 0.1) is 12.5 Å². The van der Waals surface area contributed by atoms with Crippen LogP contribution in [0.25, 0.3) is 0 Å². The molecule has 0 spiro atoms. The summed E-state index contributed by atoms with van der Waals surface area (Å²) in [7, 11) is 1.41. The Bertz CT molecular complexity index is 259. The number of hydrogen-bond donors (Lipinski definition) is 0. The molecule has 3 nitrogen and oxygen atoms in total. The largest absolute Gasteiger partial charge is 0.469 e. The van der Waals surface area contributed by atoms with Crippen LogP contribution < -0.4 is 0 Å². The lowest BCUT2D eigenvalue weighted by atomic mass is 9.80. The molecular formula is C10H14O3. The molecule has 0 bridgehead atoms. The van der Waals surface area contributed by atoms with Crippen molar-refractivity contribution in [3.05, 3.63) is 0 Å². The summed E-state index contributed by atoms with van der Waals surface area (Å²) in [6.07, 6.45) is 4.00. The lowest BCUT2D eigenvalue weighted by Crippen LogP contribution is -2.33. The number of carbonyl (C=O) groups is 2. The summed E-state index contributed by atoms with van der Waals surface area (Å²) in [4.78, 5) is 23.1. The van der Waals surface area contributed by atoms with E-state index >= 15 is 0 Å². The van der Waals surface area contributed by atoms with Crippen molar-refractivity contribution in [3.8, 4) is 0 Å². The number of Topliss-reactive ketones (excluding diaryl/α,β-unsaturated/α-hetero) is 1. The SMILES string of the molecule is COC(=O)C12CCCC1C(=O)CC2. The van der Waals surface area contributed by atoms with Crippen LogP contribution in [-0.2, 0) is 14.3 Å². The molecule has 0 aromatic heterocycles. The van der Waals surface area contributed by atoms with Crippen molar-refractivity contribution in [2.45, 2.75) is 32.1 Å². The fourth-order valence-corrected chi connectivity index (χ4v) is 2.91. The highest BCUT2D eigenvalue weighted by Gasteiger charge is 2.56. The van der Waals surface area contributed by atoms with E-state index in [1.807, 2.05) is 0 Å². The molecule has 0 amide bonds. The van der Waals surface area contributed by atoms with Gasteiger partial charge in [-0.25, -0.2) is 0 Å². The van der Waals surface area contributed by atoms with Crippen molar-refractivity contribution >= 4 is 11.8 Å². The predicted octanol–water partition coefficient (Wildman–Crippen LogP) is 1.31. The van der Waals surface area contributed by atoms with Gasteiger partial charge in [0, 0.05) is 12.3 Å². The van der Waals surface area contributed by atoms with E-state index in [1.165, 1.54) is 7.11 Å². The minimum Gasteiger partial charge on any atom is -0.469 e. The van der Waals surface area contributed by atoms with Gasteiger partial charge < -0.3 is 4.74 Å². The van der Waals surface area contributed by atoms with Crippen LogP contribution in [0.15, 0.2) is 0 Å². The molecule has 0 radical (unpaired) electrons. The van der Waals surface area contributed by atoms with Gasteiger partial charge >= 0.3 is 5.97 Å². The Morgan fingerprint density at radius 1 is 1.54 bits per heavy atom. The van der Waals surface area contributed by atoms with Crippen LogP contribution in [0.3, 0.4) is 0 Å². The zero-order valence-electron chi connectivity index (χ0n) is 7.84. The molecule has 2 rings (SSSR count). The molecule has 3 heteroatoms. The Hall–Kier alpha value is -0.860. The second kappa shape index (κ2) is 2.82. The number of rotatable bonds is 1. The molecule has 2 fully saturated rings. The predicted molar refractivity (Wildman–Crippen MR) is 46.0 cm³/mol. The quantitative estimate of drug-likeness (QED) is 0.574. The van der Waals surface area contributed by atoms with Crippen molar-refractivity contribution in [2.75, 3.05) is 7.11 Å². The molecule has 2 unspecified atom stereocenters. The van der Waals surface area contributed by atoms with Crippen molar-refractivity contribution in [2.24, 2.45) is 11.3 Å². The average molecular weight is 182 g/mol. The van der Waals surface area contributed by atoms with Gasteiger partial charge in [0.1, 0.15) is 5.78 Å². The second-order valence-electron chi connectivity index (χ2n) is 4.06. The van der Waals surface area contributed by atoms with Gasteiger partial charge in [-0.2, -0.15) is 0 Å². The molecule has 0 saturated heterocycles. The maximum Gasteiger partial charge on any atom is 0.312 e. The minimum atomic E-state index is -0.425. The van der Waals surface area contributed by atoms with Crippen molar-refractivity contribution < 1.29 is 14.3 Å². The third-order valence-electron chi connectivity index (χ3n) is 3.58. The summed E-state index contributed by atoms with van der Waals surface area (Å²) in [6, 6.07) is 0.